The smallest absolute Gasteiger partial charge is 0.0342 e. The van der Waals surface area contributed by atoms with Gasteiger partial charge in [0.05, 0.1) is 0 Å². The molecule has 7 rings (SSSR count). The molecule has 0 amide bonds. The molecule has 0 spiro atoms. The molecule has 0 bridgehead atoms. The van der Waals surface area contributed by atoms with Crippen molar-refractivity contribution < 1.29 is 0 Å². The molecule has 0 unspecified atom stereocenters. The van der Waals surface area contributed by atoms with Gasteiger partial charge in [-0.2, -0.15) is 0 Å². The lowest BCUT2D eigenvalue weighted by molar-refractivity contribution is 1.76. The number of hydrogen-bond donors (Lipinski definition) is 0. The monoisotopic (exact) mass is 410 g/mol. The van der Waals surface area contributed by atoms with Gasteiger partial charge in [0.25, 0.3) is 0 Å². The van der Waals surface area contributed by atoms with Crippen LogP contribution in [0.5, 0.6) is 0 Å². The molecular weight excluding hydrogens is 392 g/mol. The van der Waals surface area contributed by atoms with Gasteiger partial charge in [0.2, 0.25) is 0 Å². The van der Waals surface area contributed by atoms with Crippen LogP contribution in [0.1, 0.15) is 0 Å². The van der Waals surface area contributed by atoms with Gasteiger partial charge in [-0.05, 0) is 101 Å². The van der Waals surface area contributed by atoms with Crippen molar-refractivity contribution in [2.45, 2.75) is 0 Å². The van der Waals surface area contributed by atoms with E-state index in [0.29, 0.717) is 0 Å². The highest BCUT2D eigenvalue weighted by Gasteiger charge is 2.08. The molecule has 0 aliphatic carbocycles. The fraction of sp³-hybridized carbons (Fsp3) is 0. The van der Waals surface area contributed by atoms with Crippen molar-refractivity contribution in [2.24, 2.45) is 0 Å². The molecule has 7 aromatic rings. The van der Waals surface area contributed by atoms with Crippen LogP contribution in [0.15, 0.2) is 109 Å². The molecule has 0 aliphatic heterocycles. The van der Waals surface area contributed by atoms with Gasteiger partial charge in [0.15, 0.2) is 0 Å². The van der Waals surface area contributed by atoms with E-state index in [1.54, 1.807) is 11.3 Å². The summed E-state index contributed by atoms with van der Waals surface area (Å²) in [6, 6.07) is 38.2. The molecular formula is C30H18S. The van der Waals surface area contributed by atoms with Crippen molar-refractivity contribution in [3.63, 3.8) is 0 Å². The third kappa shape index (κ3) is 2.60. The van der Waals surface area contributed by atoms with Gasteiger partial charge < -0.3 is 0 Å². The van der Waals surface area contributed by atoms with Gasteiger partial charge in [-0.15, -0.1) is 11.3 Å². The Kier molecular flexibility index (Phi) is 3.52. The summed E-state index contributed by atoms with van der Waals surface area (Å²) in [6.07, 6.45) is 0. The molecule has 0 fully saturated rings. The Hall–Kier alpha value is -3.68. The molecule has 1 heterocycles. The van der Waals surface area contributed by atoms with E-state index in [1.165, 1.54) is 64.3 Å². The molecule has 0 atom stereocenters. The second-order valence-corrected chi connectivity index (χ2v) is 9.21. The van der Waals surface area contributed by atoms with E-state index in [0.717, 1.165) is 0 Å². The number of thiophene rings is 1. The molecule has 6 aromatic carbocycles. The fourth-order valence-corrected chi connectivity index (χ4v) is 5.63. The second kappa shape index (κ2) is 6.41. The lowest BCUT2D eigenvalue weighted by Gasteiger charge is -2.11. The van der Waals surface area contributed by atoms with Crippen LogP contribution in [0.4, 0.5) is 0 Å². The molecule has 144 valence electrons. The summed E-state index contributed by atoms with van der Waals surface area (Å²) < 4.78 is 0. The normalized spacial score (nSPS) is 11.9. The standard InChI is InChI=1S/C30H18S/c1-2-5-20-17-28-22(14-19(20)4-1)9-11-27-26(28)12-10-23-15-25-16-24(30-6-3-13-31-30)8-7-21(25)18-29(23)27/h1-18H. The summed E-state index contributed by atoms with van der Waals surface area (Å²) in [5, 5.41) is 15.2. The van der Waals surface area contributed by atoms with Crippen LogP contribution in [-0.2, 0) is 0 Å². The first-order chi connectivity index (χ1) is 15.3. The minimum absolute atomic E-state index is 1.29. The summed E-state index contributed by atoms with van der Waals surface area (Å²) in [5.41, 5.74) is 1.29. The molecule has 0 N–H and O–H groups in total. The number of fused-ring (bicyclic) bond motifs is 7. The molecule has 1 aromatic heterocycles. The van der Waals surface area contributed by atoms with E-state index in [4.69, 9.17) is 0 Å². The van der Waals surface area contributed by atoms with Crippen LogP contribution in [0.25, 0.3) is 64.3 Å². The first-order valence-corrected chi connectivity index (χ1v) is 11.5. The molecule has 1 heteroatoms. The van der Waals surface area contributed by atoms with Crippen molar-refractivity contribution in [1.29, 1.82) is 0 Å². The Morgan fingerprint density at radius 3 is 1.68 bits per heavy atom. The van der Waals surface area contributed by atoms with Gasteiger partial charge in [-0.1, -0.05) is 66.7 Å². The van der Waals surface area contributed by atoms with Crippen LogP contribution in [0.3, 0.4) is 0 Å². The van der Waals surface area contributed by atoms with Gasteiger partial charge in [-0.3, -0.25) is 0 Å². The summed E-state index contributed by atoms with van der Waals surface area (Å²) in [4.78, 5) is 1.32. The maximum atomic E-state index is 2.36. The van der Waals surface area contributed by atoms with E-state index in [1.807, 2.05) is 0 Å². The Bertz CT molecular complexity index is 1770. The molecule has 0 aliphatic rings. The van der Waals surface area contributed by atoms with Crippen molar-refractivity contribution >= 4 is 65.2 Å². The zero-order chi connectivity index (χ0) is 20.4. The molecule has 0 radical (unpaired) electrons. The average molecular weight is 411 g/mol. The predicted molar refractivity (Wildman–Crippen MR) is 137 cm³/mol. The van der Waals surface area contributed by atoms with Gasteiger partial charge in [0.1, 0.15) is 0 Å². The lowest BCUT2D eigenvalue weighted by atomic mass is 9.93. The Balaban J connectivity index is 1.52. The SMILES string of the molecule is c1csc(-c2ccc3cc4c(ccc5c6cc7ccccc7cc6ccc45)cc3c2)c1. The number of hydrogen-bond acceptors (Lipinski definition) is 1. The zero-order valence-corrected chi connectivity index (χ0v) is 17.6. The van der Waals surface area contributed by atoms with E-state index >= 15 is 0 Å². The van der Waals surface area contributed by atoms with E-state index in [-0.39, 0.29) is 0 Å². The van der Waals surface area contributed by atoms with Gasteiger partial charge in [0, 0.05) is 4.88 Å². The summed E-state index contributed by atoms with van der Waals surface area (Å²) >= 11 is 1.79. The minimum atomic E-state index is 1.29. The topological polar surface area (TPSA) is 0 Å². The number of rotatable bonds is 1. The van der Waals surface area contributed by atoms with E-state index in [2.05, 4.69) is 109 Å². The van der Waals surface area contributed by atoms with Crippen molar-refractivity contribution in [3.05, 3.63) is 109 Å². The van der Waals surface area contributed by atoms with Crippen LogP contribution < -0.4 is 0 Å². The van der Waals surface area contributed by atoms with Gasteiger partial charge >= 0.3 is 0 Å². The van der Waals surface area contributed by atoms with Crippen LogP contribution >= 0.6 is 11.3 Å². The Morgan fingerprint density at radius 2 is 1.00 bits per heavy atom. The number of benzene rings is 6. The highest BCUT2D eigenvalue weighted by atomic mass is 32.1. The second-order valence-electron chi connectivity index (χ2n) is 8.26. The zero-order valence-electron chi connectivity index (χ0n) is 16.8. The van der Waals surface area contributed by atoms with E-state index in [9.17, 15) is 0 Å². The van der Waals surface area contributed by atoms with E-state index < -0.39 is 0 Å². The predicted octanol–water partition coefficient (Wildman–Crippen LogP) is 9.18. The molecule has 0 nitrogen and oxygen atoms in total. The lowest BCUT2D eigenvalue weighted by Crippen LogP contribution is -1.83. The third-order valence-corrected chi connectivity index (χ3v) is 7.38. The Labute approximate surface area is 184 Å². The Morgan fingerprint density at radius 1 is 0.387 bits per heavy atom. The quantitative estimate of drug-likeness (QED) is 0.187. The maximum absolute atomic E-state index is 2.36. The van der Waals surface area contributed by atoms with Crippen molar-refractivity contribution in [3.8, 4) is 10.4 Å². The first-order valence-electron chi connectivity index (χ1n) is 10.6. The summed E-state index contributed by atoms with van der Waals surface area (Å²) in [7, 11) is 0. The van der Waals surface area contributed by atoms with Crippen LogP contribution in [0.2, 0.25) is 0 Å². The molecule has 0 saturated carbocycles. The highest BCUT2D eigenvalue weighted by molar-refractivity contribution is 7.13. The minimum Gasteiger partial charge on any atom is -0.144 e. The van der Waals surface area contributed by atoms with Crippen molar-refractivity contribution in [1.82, 2.24) is 0 Å². The maximum Gasteiger partial charge on any atom is 0.0342 e. The average Bonchev–Trinajstić information content (AvgIpc) is 3.36. The van der Waals surface area contributed by atoms with Crippen LogP contribution in [0, 0.1) is 0 Å². The van der Waals surface area contributed by atoms with Crippen LogP contribution in [-0.4, -0.2) is 0 Å². The fourth-order valence-electron chi connectivity index (χ4n) is 4.91. The molecule has 0 saturated heterocycles. The largest absolute Gasteiger partial charge is 0.144 e. The summed E-state index contributed by atoms with van der Waals surface area (Å²) in [5.74, 6) is 0. The molecule has 31 heavy (non-hydrogen) atoms. The van der Waals surface area contributed by atoms with Crippen molar-refractivity contribution in [2.75, 3.05) is 0 Å². The first kappa shape index (κ1) is 17.0. The van der Waals surface area contributed by atoms with Gasteiger partial charge in [-0.25, -0.2) is 0 Å². The summed E-state index contributed by atoms with van der Waals surface area (Å²) in [6.45, 7) is 0. The third-order valence-electron chi connectivity index (χ3n) is 6.46. The highest BCUT2D eigenvalue weighted by Crippen LogP contribution is 2.36.